The number of carbonyl (C=O) groups is 1. The van der Waals surface area contributed by atoms with Crippen molar-refractivity contribution in [3.8, 4) is 11.5 Å². The van der Waals surface area contributed by atoms with Crippen molar-refractivity contribution in [3.63, 3.8) is 0 Å². The molecule has 0 unspecified atom stereocenters. The number of ether oxygens (including phenoxy) is 2. The minimum atomic E-state index is -0.473. The molecule has 132 valence electrons. The summed E-state index contributed by atoms with van der Waals surface area (Å²) >= 11 is 7.00. The van der Waals surface area contributed by atoms with Gasteiger partial charge >= 0.3 is 0 Å². The highest BCUT2D eigenvalue weighted by Crippen LogP contribution is 2.35. The summed E-state index contributed by atoms with van der Waals surface area (Å²) in [7, 11) is 0. The molecule has 0 fully saturated rings. The van der Waals surface area contributed by atoms with E-state index in [2.05, 4.69) is 10.2 Å². The topological polar surface area (TPSA) is 74.5 Å². The normalized spacial score (nSPS) is 15.7. The van der Waals surface area contributed by atoms with E-state index >= 15 is 0 Å². The predicted octanol–water partition coefficient (Wildman–Crippen LogP) is 4.21. The van der Waals surface area contributed by atoms with Crippen LogP contribution in [0.5, 0.6) is 11.5 Å². The maximum atomic E-state index is 12.2. The zero-order chi connectivity index (χ0) is 17.9. The summed E-state index contributed by atoms with van der Waals surface area (Å²) in [5, 5.41) is 8.87. The molecule has 0 saturated heterocycles. The van der Waals surface area contributed by atoms with Crippen LogP contribution in [0.1, 0.15) is 22.4 Å². The van der Waals surface area contributed by atoms with E-state index in [4.69, 9.17) is 25.5 Å². The molecule has 6 nitrogen and oxygen atoms in total. The van der Waals surface area contributed by atoms with Crippen LogP contribution >= 0.6 is 23.4 Å². The number of nitrogens with zero attached hydrogens (tertiary/aromatic N) is 2. The van der Waals surface area contributed by atoms with E-state index < -0.39 is 6.10 Å². The summed E-state index contributed by atoms with van der Waals surface area (Å²) in [4.78, 5) is 12.2. The molecule has 1 aliphatic rings. The Morgan fingerprint density at radius 1 is 1.12 bits per heavy atom. The lowest BCUT2D eigenvalue weighted by Gasteiger charge is -2.23. The van der Waals surface area contributed by atoms with Crippen LogP contribution in [0.2, 0.25) is 5.02 Å². The zero-order valence-corrected chi connectivity index (χ0v) is 15.0. The molecule has 4 rings (SSSR count). The van der Waals surface area contributed by atoms with Gasteiger partial charge in [0.2, 0.25) is 6.10 Å². The number of benzene rings is 2. The van der Waals surface area contributed by atoms with Gasteiger partial charge in [-0.05, 0) is 36.4 Å². The van der Waals surface area contributed by atoms with E-state index in [1.807, 2.05) is 24.3 Å². The molecule has 2 heterocycles. The minimum absolute atomic E-state index is 0.0439. The Morgan fingerprint density at radius 3 is 2.69 bits per heavy atom. The first-order chi connectivity index (χ1) is 12.7. The molecule has 0 amide bonds. The minimum Gasteiger partial charge on any atom is -0.485 e. The number of aromatic nitrogens is 2. The molecule has 1 aliphatic heterocycles. The molecule has 26 heavy (non-hydrogen) atoms. The van der Waals surface area contributed by atoms with Gasteiger partial charge in [-0.1, -0.05) is 35.5 Å². The first-order valence-corrected chi connectivity index (χ1v) is 9.19. The fourth-order valence-corrected chi connectivity index (χ4v) is 3.19. The molecular formula is C18H13ClN2O4S. The van der Waals surface area contributed by atoms with E-state index in [9.17, 15) is 4.79 Å². The van der Waals surface area contributed by atoms with Gasteiger partial charge in [0.25, 0.3) is 11.1 Å². The number of fused-ring (bicyclic) bond motifs is 1. The third-order valence-electron chi connectivity index (χ3n) is 3.70. The van der Waals surface area contributed by atoms with Crippen LogP contribution in [0.3, 0.4) is 0 Å². The van der Waals surface area contributed by atoms with Gasteiger partial charge in [-0.25, -0.2) is 0 Å². The SMILES string of the molecule is O=C(CSc1nnc([C@@H]2COc3ccccc3O2)o1)c1ccc(Cl)cc1. The highest BCUT2D eigenvalue weighted by molar-refractivity contribution is 7.99. The number of thioether (sulfide) groups is 1. The Hall–Kier alpha value is -2.51. The van der Waals surface area contributed by atoms with E-state index in [1.165, 1.54) is 11.8 Å². The number of hydrogen-bond donors (Lipinski definition) is 0. The monoisotopic (exact) mass is 388 g/mol. The number of ketones is 1. The Morgan fingerprint density at radius 2 is 1.88 bits per heavy atom. The number of carbonyl (C=O) groups excluding carboxylic acids is 1. The maximum absolute atomic E-state index is 12.2. The van der Waals surface area contributed by atoms with Crippen molar-refractivity contribution in [1.82, 2.24) is 10.2 Å². The first-order valence-electron chi connectivity index (χ1n) is 7.82. The van der Waals surface area contributed by atoms with Crippen molar-refractivity contribution in [3.05, 3.63) is 65.0 Å². The molecule has 3 aromatic rings. The summed E-state index contributed by atoms with van der Waals surface area (Å²) in [5.41, 5.74) is 0.585. The molecule has 0 N–H and O–H groups in total. The highest BCUT2D eigenvalue weighted by Gasteiger charge is 2.27. The van der Waals surface area contributed by atoms with Gasteiger partial charge in [0, 0.05) is 10.6 Å². The molecule has 0 aliphatic carbocycles. The van der Waals surface area contributed by atoms with Crippen molar-refractivity contribution >= 4 is 29.1 Å². The van der Waals surface area contributed by atoms with Gasteiger partial charge in [0.15, 0.2) is 17.3 Å². The van der Waals surface area contributed by atoms with Gasteiger partial charge in [0.1, 0.15) is 6.61 Å². The molecule has 0 saturated carbocycles. The predicted molar refractivity (Wildman–Crippen MR) is 96.1 cm³/mol. The van der Waals surface area contributed by atoms with Crippen molar-refractivity contribution in [1.29, 1.82) is 0 Å². The van der Waals surface area contributed by atoms with Crippen molar-refractivity contribution in [2.24, 2.45) is 0 Å². The number of hydrogen-bond acceptors (Lipinski definition) is 7. The molecule has 1 atom stereocenters. The summed E-state index contributed by atoms with van der Waals surface area (Å²) in [6.45, 7) is 0.285. The third-order valence-corrected chi connectivity index (χ3v) is 4.77. The number of rotatable bonds is 5. The summed E-state index contributed by atoms with van der Waals surface area (Å²) in [6.07, 6.45) is -0.473. The summed E-state index contributed by atoms with van der Waals surface area (Å²) in [5.74, 6) is 1.78. The van der Waals surface area contributed by atoms with Crippen LogP contribution in [0, 0.1) is 0 Å². The lowest BCUT2D eigenvalue weighted by molar-refractivity contribution is 0.0686. The largest absolute Gasteiger partial charge is 0.485 e. The van der Waals surface area contributed by atoms with E-state index in [1.54, 1.807) is 24.3 Å². The molecule has 8 heteroatoms. The Bertz CT molecular complexity index is 929. The summed E-state index contributed by atoms with van der Waals surface area (Å²) in [6, 6.07) is 14.1. The van der Waals surface area contributed by atoms with E-state index in [-0.39, 0.29) is 18.1 Å². The smallest absolute Gasteiger partial charge is 0.277 e. The van der Waals surface area contributed by atoms with Crippen molar-refractivity contribution < 1.29 is 18.7 Å². The number of Topliss-reactive ketones (excluding diaryl/α,β-unsaturated/α-hetero) is 1. The number of para-hydroxylation sites is 2. The molecule has 0 bridgehead atoms. The Kier molecular flexibility index (Phi) is 4.81. The Labute approximate surface area is 158 Å². The molecule has 0 radical (unpaired) electrons. The van der Waals surface area contributed by atoms with Crippen LogP contribution in [0.15, 0.2) is 58.2 Å². The van der Waals surface area contributed by atoms with Crippen LogP contribution in [-0.4, -0.2) is 28.3 Å². The fraction of sp³-hybridized carbons (Fsp3) is 0.167. The fourth-order valence-electron chi connectivity index (χ4n) is 2.40. The average molecular weight is 389 g/mol. The maximum Gasteiger partial charge on any atom is 0.277 e. The van der Waals surface area contributed by atoms with Crippen LogP contribution in [-0.2, 0) is 0 Å². The van der Waals surface area contributed by atoms with Crippen LogP contribution < -0.4 is 9.47 Å². The van der Waals surface area contributed by atoms with Gasteiger partial charge in [0.05, 0.1) is 5.75 Å². The zero-order valence-electron chi connectivity index (χ0n) is 13.4. The van der Waals surface area contributed by atoms with Gasteiger partial charge in [-0.15, -0.1) is 10.2 Å². The second-order valence-corrected chi connectivity index (χ2v) is 6.85. The van der Waals surface area contributed by atoms with Crippen LogP contribution in [0.4, 0.5) is 0 Å². The molecule has 1 aromatic heterocycles. The summed E-state index contributed by atoms with van der Waals surface area (Å²) < 4.78 is 17.1. The first kappa shape index (κ1) is 16.9. The van der Waals surface area contributed by atoms with Gasteiger partial charge in [-0.3, -0.25) is 4.79 Å². The van der Waals surface area contributed by atoms with Gasteiger partial charge < -0.3 is 13.9 Å². The van der Waals surface area contributed by atoms with E-state index in [0.29, 0.717) is 33.2 Å². The number of halogens is 1. The lowest BCUT2D eigenvalue weighted by atomic mass is 10.1. The van der Waals surface area contributed by atoms with E-state index in [0.717, 1.165) is 0 Å². The van der Waals surface area contributed by atoms with Crippen LogP contribution in [0.25, 0.3) is 0 Å². The van der Waals surface area contributed by atoms with Crippen molar-refractivity contribution in [2.45, 2.75) is 11.3 Å². The quantitative estimate of drug-likeness (QED) is 0.478. The molecule has 0 spiro atoms. The second-order valence-electron chi connectivity index (χ2n) is 5.49. The molecule has 2 aromatic carbocycles. The second kappa shape index (κ2) is 7.39. The third kappa shape index (κ3) is 3.68. The lowest BCUT2D eigenvalue weighted by Crippen LogP contribution is -2.21. The highest BCUT2D eigenvalue weighted by atomic mass is 35.5. The van der Waals surface area contributed by atoms with Gasteiger partial charge in [-0.2, -0.15) is 0 Å². The average Bonchev–Trinajstić information content (AvgIpc) is 3.15. The van der Waals surface area contributed by atoms with Crippen molar-refractivity contribution in [2.75, 3.05) is 12.4 Å². The standard InChI is InChI=1S/C18H13ClN2O4S/c19-12-7-5-11(6-8-12)13(22)10-26-18-21-20-17(25-18)16-9-23-14-3-1-2-4-15(14)24-16/h1-8,16H,9-10H2/t16-/m0/s1. The molecular weight excluding hydrogens is 376 g/mol. The Balaban J connectivity index is 1.38.